The average molecular weight is 410 g/mol. The second-order valence-electron chi connectivity index (χ2n) is 9.77. The van der Waals surface area contributed by atoms with E-state index in [9.17, 15) is 9.59 Å². The molecule has 1 N–H and O–H groups in total. The van der Waals surface area contributed by atoms with Crippen LogP contribution in [0.2, 0.25) is 0 Å². The lowest BCUT2D eigenvalue weighted by atomic mass is 9.80. The van der Waals surface area contributed by atoms with Gasteiger partial charge in [0.15, 0.2) is 0 Å². The average Bonchev–Trinajstić information content (AvgIpc) is 2.70. The van der Waals surface area contributed by atoms with Crippen molar-refractivity contribution in [2.45, 2.75) is 97.6 Å². The maximum atomic E-state index is 12.2. The SMILES string of the molecule is CC(C)OCC1CCC(COCCC(=O)NC2CCC(C(=O)C(C)C)CC2)CC1. The molecular formula is C24H43NO4. The quantitative estimate of drug-likeness (QED) is 0.509. The molecule has 0 spiro atoms. The van der Waals surface area contributed by atoms with Gasteiger partial charge in [0.05, 0.1) is 12.7 Å². The molecule has 0 aromatic heterocycles. The molecule has 0 aromatic carbocycles. The number of hydrogen-bond acceptors (Lipinski definition) is 4. The first-order chi connectivity index (χ1) is 13.8. The van der Waals surface area contributed by atoms with Crippen LogP contribution in [0.25, 0.3) is 0 Å². The van der Waals surface area contributed by atoms with E-state index in [4.69, 9.17) is 9.47 Å². The van der Waals surface area contributed by atoms with E-state index in [2.05, 4.69) is 19.2 Å². The van der Waals surface area contributed by atoms with E-state index < -0.39 is 0 Å². The van der Waals surface area contributed by atoms with Crippen molar-refractivity contribution >= 4 is 11.7 Å². The first-order valence-electron chi connectivity index (χ1n) is 11.9. The van der Waals surface area contributed by atoms with Gasteiger partial charge in [-0.2, -0.15) is 0 Å². The van der Waals surface area contributed by atoms with Gasteiger partial charge in [0.1, 0.15) is 5.78 Å². The van der Waals surface area contributed by atoms with Gasteiger partial charge in [-0.1, -0.05) is 13.8 Å². The van der Waals surface area contributed by atoms with Crippen LogP contribution in [0.5, 0.6) is 0 Å². The molecule has 5 nitrogen and oxygen atoms in total. The second-order valence-corrected chi connectivity index (χ2v) is 9.77. The molecule has 1 amide bonds. The summed E-state index contributed by atoms with van der Waals surface area (Å²) < 4.78 is 11.5. The van der Waals surface area contributed by atoms with E-state index in [1.807, 2.05) is 13.8 Å². The van der Waals surface area contributed by atoms with Crippen molar-refractivity contribution in [2.75, 3.05) is 19.8 Å². The molecule has 0 heterocycles. The lowest BCUT2D eigenvalue weighted by Gasteiger charge is -2.29. The minimum Gasteiger partial charge on any atom is -0.381 e. The minimum atomic E-state index is 0.0816. The van der Waals surface area contributed by atoms with Gasteiger partial charge in [-0.25, -0.2) is 0 Å². The number of ether oxygens (including phenoxy) is 2. The molecule has 0 aromatic rings. The molecule has 2 aliphatic carbocycles. The van der Waals surface area contributed by atoms with Crippen molar-refractivity contribution in [3.63, 3.8) is 0 Å². The van der Waals surface area contributed by atoms with Crippen molar-refractivity contribution < 1.29 is 19.1 Å². The number of carbonyl (C=O) groups is 2. The summed E-state index contributed by atoms with van der Waals surface area (Å²) in [7, 11) is 0. The highest BCUT2D eigenvalue weighted by atomic mass is 16.5. The van der Waals surface area contributed by atoms with Gasteiger partial charge in [-0.05, 0) is 77.0 Å². The number of Topliss-reactive ketones (excluding diaryl/α,β-unsaturated/α-hetero) is 1. The Balaban J connectivity index is 1.50. The monoisotopic (exact) mass is 409 g/mol. The number of ketones is 1. The van der Waals surface area contributed by atoms with E-state index in [-0.39, 0.29) is 23.8 Å². The fraction of sp³-hybridized carbons (Fsp3) is 0.917. The predicted molar refractivity (Wildman–Crippen MR) is 116 cm³/mol. The summed E-state index contributed by atoms with van der Waals surface area (Å²) in [6.07, 6.45) is 9.26. The topological polar surface area (TPSA) is 64.6 Å². The van der Waals surface area contributed by atoms with E-state index in [1.165, 1.54) is 25.7 Å². The smallest absolute Gasteiger partial charge is 0.222 e. The van der Waals surface area contributed by atoms with Crippen LogP contribution in [0.1, 0.15) is 85.5 Å². The molecule has 0 bridgehead atoms. The van der Waals surface area contributed by atoms with Crippen molar-refractivity contribution in [3.05, 3.63) is 0 Å². The van der Waals surface area contributed by atoms with Crippen LogP contribution in [0.4, 0.5) is 0 Å². The Labute approximate surface area is 177 Å². The molecule has 5 heteroatoms. The number of hydrogen-bond donors (Lipinski definition) is 1. The van der Waals surface area contributed by atoms with Crippen molar-refractivity contribution in [1.82, 2.24) is 5.32 Å². The molecular weight excluding hydrogens is 366 g/mol. The Morgan fingerprint density at radius 1 is 0.862 bits per heavy atom. The van der Waals surface area contributed by atoms with Crippen molar-refractivity contribution in [2.24, 2.45) is 23.7 Å². The van der Waals surface area contributed by atoms with Gasteiger partial charge in [-0.15, -0.1) is 0 Å². The third-order valence-electron chi connectivity index (χ3n) is 6.52. The zero-order valence-corrected chi connectivity index (χ0v) is 19.1. The van der Waals surface area contributed by atoms with Crippen LogP contribution in [-0.2, 0) is 19.1 Å². The Kier molecular flexibility index (Phi) is 10.6. The summed E-state index contributed by atoms with van der Waals surface area (Å²) >= 11 is 0. The van der Waals surface area contributed by atoms with E-state index >= 15 is 0 Å². The number of carbonyl (C=O) groups excluding carboxylic acids is 2. The first kappa shape index (κ1) is 24.3. The molecule has 2 aliphatic rings. The van der Waals surface area contributed by atoms with Crippen LogP contribution in [0.15, 0.2) is 0 Å². The highest BCUT2D eigenvalue weighted by Gasteiger charge is 2.28. The Morgan fingerprint density at radius 2 is 1.45 bits per heavy atom. The third kappa shape index (κ3) is 9.17. The lowest BCUT2D eigenvalue weighted by Crippen LogP contribution is -2.39. The Hall–Kier alpha value is -0.940. The Morgan fingerprint density at radius 3 is 2.00 bits per heavy atom. The Bertz CT molecular complexity index is 489. The minimum absolute atomic E-state index is 0.0816. The van der Waals surface area contributed by atoms with Gasteiger partial charge in [0, 0.05) is 37.5 Å². The van der Waals surface area contributed by atoms with Gasteiger partial charge in [0.25, 0.3) is 0 Å². The summed E-state index contributed by atoms with van der Waals surface area (Å²) in [6, 6.07) is 0.224. The predicted octanol–water partition coefficient (Wildman–Crippen LogP) is 4.52. The van der Waals surface area contributed by atoms with Crippen molar-refractivity contribution in [3.8, 4) is 0 Å². The fourth-order valence-corrected chi connectivity index (χ4v) is 4.60. The van der Waals surface area contributed by atoms with Gasteiger partial charge in [-0.3, -0.25) is 9.59 Å². The molecule has 2 fully saturated rings. The molecule has 29 heavy (non-hydrogen) atoms. The zero-order chi connectivity index (χ0) is 21.2. The summed E-state index contributed by atoms with van der Waals surface area (Å²) in [6.45, 7) is 10.3. The van der Waals surface area contributed by atoms with E-state index in [0.717, 1.165) is 38.9 Å². The summed E-state index contributed by atoms with van der Waals surface area (Å²) in [5, 5.41) is 3.13. The van der Waals surface area contributed by atoms with Crippen molar-refractivity contribution in [1.29, 1.82) is 0 Å². The van der Waals surface area contributed by atoms with Crippen LogP contribution in [0.3, 0.4) is 0 Å². The van der Waals surface area contributed by atoms with Gasteiger partial charge in [0.2, 0.25) is 5.91 Å². The molecule has 0 atom stereocenters. The third-order valence-corrected chi connectivity index (χ3v) is 6.52. The standard InChI is InChI=1S/C24H43NO4/c1-17(2)24(27)21-9-11-22(12-10-21)25-23(26)13-14-28-15-19-5-7-20(8-6-19)16-29-18(3)4/h17-22H,5-16H2,1-4H3,(H,25,26). The number of amides is 1. The van der Waals surface area contributed by atoms with Crippen LogP contribution in [0, 0.1) is 23.7 Å². The molecule has 168 valence electrons. The molecule has 2 rings (SSSR count). The number of nitrogens with one attached hydrogen (secondary N) is 1. The maximum Gasteiger partial charge on any atom is 0.222 e. The lowest BCUT2D eigenvalue weighted by molar-refractivity contribution is -0.127. The van der Waals surface area contributed by atoms with E-state index in [0.29, 0.717) is 36.8 Å². The molecule has 2 saturated carbocycles. The summed E-state index contributed by atoms with van der Waals surface area (Å²) in [5.41, 5.74) is 0. The summed E-state index contributed by atoms with van der Waals surface area (Å²) in [4.78, 5) is 24.3. The molecule has 0 saturated heterocycles. The van der Waals surface area contributed by atoms with Crippen LogP contribution >= 0.6 is 0 Å². The highest BCUT2D eigenvalue weighted by molar-refractivity contribution is 5.83. The van der Waals surface area contributed by atoms with E-state index in [1.54, 1.807) is 0 Å². The second kappa shape index (κ2) is 12.7. The summed E-state index contributed by atoms with van der Waals surface area (Å²) in [5.74, 6) is 2.10. The molecule has 0 radical (unpaired) electrons. The maximum absolute atomic E-state index is 12.2. The largest absolute Gasteiger partial charge is 0.381 e. The fourth-order valence-electron chi connectivity index (χ4n) is 4.60. The zero-order valence-electron chi connectivity index (χ0n) is 19.1. The first-order valence-corrected chi connectivity index (χ1v) is 11.9. The van der Waals surface area contributed by atoms with Crippen LogP contribution in [-0.4, -0.2) is 43.7 Å². The highest BCUT2D eigenvalue weighted by Crippen LogP contribution is 2.29. The molecule has 0 aliphatic heterocycles. The van der Waals surface area contributed by atoms with Gasteiger partial charge < -0.3 is 14.8 Å². The van der Waals surface area contributed by atoms with Crippen LogP contribution < -0.4 is 5.32 Å². The molecule has 0 unspecified atom stereocenters. The van der Waals surface area contributed by atoms with Gasteiger partial charge >= 0.3 is 0 Å². The normalized spacial score (nSPS) is 27.9. The number of rotatable bonds is 11.